The molecule has 0 saturated heterocycles. The van der Waals surface area contributed by atoms with Crippen molar-refractivity contribution in [1.82, 2.24) is 10.1 Å². The Bertz CT molecular complexity index is 956. The van der Waals surface area contributed by atoms with E-state index in [2.05, 4.69) is 30.4 Å². The minimum atomic E-state index is -2.36. The molecule has 5 nitrogen and oxygen atoms in total. The Morgan fingerprint density at radius 2 is 1.79 bits per heavy atom. The van der Waals surface area contributed by atoms with Crippen molar-refractivity contribution in [2.75, 3.05) is 6.26 Å². The van der Waals surface area contributed by atoms with Crippen LogP contribution in [0.5, 0.6) is 0 Å². The molecule has 2 aromatic carbocycles. The van der Waals surface area contributed by atoms with Crippen molar-refractivity contribution in [3.05, 3.63) is 64.5 Å². The second kappa shape index (κ2) is 6.86. The Morgan fingerprint density at radius 3 is 2.38 bits per heavy atom. The molecular weight excluding hydrogens is 390 g/mol. The number of hydrogen-bond donors (Lipinski definition) is 0. The summed E-state index contributed by atoms with van der Waals surface area (Å²) in [7, 11) is -2.36. The number of benzene rings is 2. The van der Waals surface area contributed by atoms with Gasteiger partial charge in [0.15, 0.2) is 0 Å². The average Bonchev–Trinajstić information content (AvgIpc) is 2.96. The molecule has 0 amide bonds. The van der Waals surface area contributed by atoms with Gasteiger partial charge in [0.25, 0.3) is 0 Å². The molecule has 7 heteroatoms. The first kappa shape index (κ1) is 16.9. The van der Waals surface area contributed by atoms with Crippen molar-refractivity contribution < 1.29 is 8.73 Å². The maximum atomic E-state index is 12.8. The molecule has 1 aromatic heterocycles. The highest BCUT2D eigenvalue weighted by molar-refractivity contribution is 9.10. The number of aryl methyl sites for hydroxylation is 1. The molecule has 0 fully saturated rings. The Balaban J connectivity index is 1.81. The summed E-state index contributed by atoms with van der Waals surface area (Å²) in [6.07, 6.45) is 1.67. The van der Waals surface area contributed by atoms with E-state index in [1.54, 1.807) is 13.2 Å². The minimum absolute atomic E-state index is 0.409. The fourth-order valence-corrected chi connectivity index (χ4v) is 3.94. The van der Waals surface area contributed by atoms with E-state index in [4.69, 9.17) is 4.52 Å². The van der Waals surface area contributed by atoms with Gasteiger partial charge >= 0.3 is 0 Å². The summed E-state index contributed by atoms with van der Waals surface area (Å²) in [5, 5.41) is 3.88. The SMILES string of the molecule is Cc1nc(-c2ccc(N=S(C)(=O)Cc3ccc(Br)cc3)cc2)no1. The predicted octanol–water partition coefficient (Wildman–Crippen LogP) is 4.74. The second-order valence-electron chi connectivity index (χ2n) is 5.51. The van der Waals surface area contributed by atoms with Crippen LogP contribution in [0, 0.1) is 6.92 Å². The molecule has 1 unspecified atom stereocenters. The van der Waals surface area contributed by atoms with Crippen molar-refractivity contribution >= 4 is 31.3 Å². The van der Waals surface area contributed by atoms with Gasteiger partial charge in [-0.25, -0.2) is 4.21 Å². The Labute approximate surface area is 149 Å². The minimum Gasteiger partial charge on any atom is -0.339 e. The lowest BCUT2D eigenvalue weighted by molar-refractivity contribution is 0.394. The van der Waals surface area contributed by atoms with Crippen LogP contribution in [0.15, 0.2) is 61.9 Å². The molecule has 0 radical (unpaired) electrons. The van der Waals surface area contributed by atoms with Gasteiger partial charge in [0.05, 0.1) is 21.2 Å². The Kier molecular flexibility index (Phi) is 4.82. The molecule has 0 N–H and O–H groups in total. The van der Waals surface area contributed by atoms with Gasteiger partial charge in [-0.15, -0.1) is 0 Å². The van der Waals surface area contributed by atoms with Crippen LogP contribution in [0.2, 0.25) is 0 Å². The van der Waals surface area contributed by atoms with E-state index < -0.39 is 9.73 Å². The molecule has 124 valence electrons. The highest BCUT2D eigenvalue weighted by Crippen LogP contribution is 2.22. The van der Waals surface area contributed by atoms with Crippen LogP contribution in [0.1, 0.15) is 11.5 Å². The van der Waals surface area contributed by atoms with Crippen LogP contribution in [-0.4, -0.2) is 20.6 Å². The lowest BCUT2D eigenvalue weighted by atomic mass is 10.2. The van der Waals surface area contributed by atoms with E-state index in [0.29, 0.717) is 23.2 Å². The van der Waals surface area contributed by atoms with Gasteiger partial charge in [-0.1, -0.05) is 33.2 Å². The van der Waals surface area contributed by atoms with E-state index in [1.807, 2.05) is 48.5 Å². The number of rotatable bonds is 4. The van der Waals surface area contributed by atoms with Crippen LogP contribution < -0.4 is 0 Å². The highest BCUT2D eigenvalue weighted by Gasteiger charge is 2.07. The van der Waals surface area contributed by atoms with Crippen LogP contribution >= 0.6 is 15.9 Å². The summed E-state index contributed by atoms with van der Waals surface area (Å²) >= 11 is 3.39. The maximum Gasteiger partial charge on any atom is 0.223 e. The van der Waals surface area contributed by atoms with E-state index in [0.717, 1.165) is 15.6 Å². The molecule has 3 aromatic rings. The lowest BCUT2D eigenvalue weighted by Crippen LogP contribution is -2.00. The summed E-state index contributed by atoms with van der Waals surface area (Å²) in [6.45, 7) is 1.74. The topological polar surface area (TPSA) is 68.3 Å². The number of aromatic nitrogens is 2. The lowest BCUT2D eigenvalue weighted by Gasteiger charge is -2.05. The molecular formula is C17H16BrN3O2S. The summed E-state index contributed by atoms with van der Waals surface area (Å²) in [5.74, 6) is 1.46. The number of halogens is 1. The largest absolute Gasteiger partial charge is 0.339 e. The van der Waals surface area contributed by atoms with Gasteiger partial charge in [0.1, 0.15) is 0 Å². The fraction of sp³-hybridized carbons (Fsp3) is 0.176. The van der Waals surface area contributed by atoms with E-state index in [1.165, 1.54) is 0 Å². The molecule has 3 rings (SSSR count). The van der Waals surface area contributed by atoms with Crippen molar-refractivity contribution in [2.45, 2.75) is 12.7 Å². The predicted molar refractivity (Wildman–Crippen MR) is 98.5 cm³/mol. The van der Waals surface area contributed by atoms with Crippen LogP contribution in [0.25, 0.3) is 11.4 Å². The quantitative estimate of drug-likeness (QED) is 0.628. The number of nitrogens with zero attached hydrogens (tertiary/aromatic N) is 3. The van der Waals surface area contributed by atoms with Crippen molar-refractivity contribution in [1.29, 1.82) is 0 Å². The van der Waals surface area contributed by atoms with Crippen molar-refractivity contribution in [3.8, 4) is 11.4 Å². The smallest absolute Gasteiger partial charge is 0.223 e. The zero-order chi connectivity index (χ0) is 17.2. The zero-order valence-electron chi connectivity index (χ0n) is 13.3. The van der Waals surface area contributed by atoms with Crippen molar-refractivity contribution in [3.63, 3.8) is 0 Å². The fourth-order valence-electron chi connectivity index (χ4n) is 2.23. The van der Waals surface area contributed by atoms with Gasteiger partial charge in [-0.2, -0.15) is 9.35 Å². The molecule has 0 spiro atoms. The molecule has 1 heterocycles. The van der Waals surface area contributed by atoms with Crippen LogP contribution in [0.3, 0.4) is 0 Å². The van der Waals surface area contributed by atoms with E-state index in [-0.39, 0.29) is 0 Å². The van der Waals surface area contributed by atoms with Gasteiger partial charge < -0.3 is 4.52 Å². The van der Waals surface area contributed by atoms with Gasteiger partial charge in [0, 0.05) is 23.2 Å². The summed E-state index contributed by atoms with van der Waals surface area (Å²) < 4.78 is 23.1. The first-order valence-electron chi connectivity index (χ1n) is 7.26. The first-order valence-corrected chi connectivity index (χ1v) is 10.1. The summed E-state index contributed by atoms with van der Waals surface area (Å²) in [5.41, 5.74) is 2.50. The second-order valence-corrected chi connectivity index (χ2v) is 8.81. The van der Waals surface area contributed by atoms with Crippen LogP contribution in [-0.2, 0) is 15.5 Å². The van der Waals surface area contributed by atoms with Gasteiger partial charge in [-0.05, 0) is 42.0 Å². The van der Waals surface area contributed by atoms with E-state index >= 15 is 0 Å². The van der Waals surface area contributed by atoms with Crippen molar-refractivity contribution in [2.24, 2.45) is 4.36 Å². The summed E-state index contributed by atoms with van der Waals surface area (Å²) in [6, 6.07) is 15.1. The molecule has 0 saturated carbocycles. The zero-order valence-corrected chi connectivity index (χ0v) is 15.7. The van der Waals surface area contributed by atoms with Gasteiger partial charge in [0.2, 0.25) is 11.7 Å². The molecule has 0 aliphatic rings. The molecule has 0 aliphatic carbocycles. The first-order chi connectivity index (χ1) is 11.4. The van der Waals surface area contributed by atoms with Gasteiger partial charge in [-0.3, -0.25) is 0 Å². The molecule has 0 aliphatic heterocycles. The average molecular weight is 406 g/mol. The Morgan fingerprint density at radius 1 is 1.12 bits per heavy atom. The summed E-state index contributed by atoms with van der Waals surface area (Å²) in [4.78, 5) is 4.18. The molecule has 0 bridgehead atoms. The normalized spacial score (nSPS) is 13.5. The third kappa shape index (κ3) is 4.30. The molecule has 1 atom stereocenters. The third-order valence-corrected chi connectivity index (χ3v) is 5.29. The third-order valence-electron chi connectivity index (χ3n) is 3.30. The number of hydrogen-bond acceptors (Lipinski definition) is 5. The van der Waals surface area contributed by atoms with E-state index in [9.17, 15) is 4.21 Å². The maximum absolute atomic E-state index is 12.8. The van der Waals surface area contributed by atoms with Crippen LogP contribution in [0.4, 0.5) is 5.69 Å². The Hall–Kier alpha value is -1.99. The highest BCUT2D eigenvalue weighted by atomic mass is 79.9. The monoisotopic (exact) mass is 405 g/mol. The standard InChI is InChI=1S/C17H16BrN3O2S/c1-12-19-17(20-23-12)14-5-9-16(10-6-14)21-24(2,22)11-13-3-7-15(18)8-4-13/h3-10H,11H2,1-2H3. The molecule has 24 heavy (non-hydrogen) atoms.